The maximum Gasteiger partial charge on any atom is 0.213 e. The van der Waals surface area contributed by atoms with Crippen LogP contribution >= 0.6 is 136 Å². The van der Waals surface area contributed by atoms with Gasteiger partial charge in [-0.2, -0.15) is 0 Å². The number of hydrogen-bond acceptors (Lipinski definition) is 24. The van der Waals surface area contributed by atoms with Gasteiger partial charge in [-0.15, -0.1) is 197 Å². The van der Waals surface area contributed by atoms with Crippen LogP contribution in [0.2, 0.25) is 0 Å². The number of hydrogen-bond donors (Lipinski definition) is 0. The molecule has 0 atom stereocenters. The molecule has 0 bridgehead atoms. The Hall–Kier alpha value is -6.78. The zero-order chi connectivity index (χ0) is 52.0. The first-order valence-corrected chi connectivity index (χ1v) is 33.3. The fourth-order valence-electron chi connectivity index (χ4n) is 7.34. The van der Waals surface area contributed by atoms with E-state index >= 15 is 0 Å². The van der Waals surface area contributed by atoms with Crippen molar-refractivity contribution in [3.8, 4) is 123 Å². The summed E-state index contributed by atoms with van der Waals surface area (Å²) in [6.45, 7) is 0. The van der Waals surface area contributed by atoms with Crippen molar-refractivity contribution in [3.63, 3.8) is 0 Å². The van der Waals surface area contributed by atoms with E-state index in [-0.39, 0.29) is 0 Å². The van der Waals surface area contributed by atoms with Crippen LogP contribution in [0.5, 0.6) is 0 Å². The van der Waals surface area contributed by atoms with E-state index in [4.69, 9.17) is 0 Å². The van der Waals surface area contributed by atoms with Crippen LogP contribution < -0.4 is 0 Å². The van der Waals surface area contributed by atoms with Gasteiger partial charge < -0.3 is 0 Å². The summed E-state index contributed by atoms with van der Waals surface area (Å²) in [5, 5.41) is 64.0. The summed E-state index contributed by atoms with van der Waals surface area (Å²) in [6, 6.07) is 49.7. The van der Waals surface area contributed by atoms with Crippen LogP contribution in [0.4, 0.5) is 0 Å². The summed E-state index contributed by atoms with van der Waals surface area (Å²) in [7, 11) is 0. The molecular formula is C54H30N12S12. The molecule has 0 saturated heterocycles. The molecule has 0 N–H and O–H groups in total. The van der Waals surface area contributed by atoms with Gasteiger partial charge in [-0.05, 0) is 141 Å². The highest BCUT2D eigenvalue weighted by Crippen LogP contribution is 2.41. The van der Waals surface area contributed by atoms with Gasteiger partial charge >= 0.3 is 0 Å². The minimum atomic E-state index is 0.566. The Bertz CT molecular complexity index is 3530. The van der Waals surface area contributed by atoms with E-state index in [1.54, 1.807) is 136 Å². The summed E-state index contributed by atoms with van der Waals surface area (Å²) in [6.07, 6.45) is 0. The Balaban J connectivity index is 0.000000111. The van der Waals surface area contributed by atoms with Crippen molar-refractivity contribution in [1.29, 1.82) is 0 Å². The predicted octanol–water partition coefficient (Wildman–Crippen LogP) is 18.5. The van der Waals surface area contributed by atoms with Gasteiger partial charge in [0.15, 0.2) is 0 Å². The highest BCUT2D eigenvalue weighted by atomic mass is 32.1. The lowest BCUT2D eigenvalue weighted by Crippen LogP contribution is -1.97. The third kappa shape index (κ3) is 11.5. The van der Waals surface area contributed by atoms with Crippen molar-refractivity contribution in [2.75, 3.05) is 0 Å². The maximum atomic E-state index is 4.29. The zero-order valence-electron chi connectivity index (χ0n) is 39.6. The standard InChI is InChI=1S/3C18H10N4S4/c3*1-3-11(23-9-1)13-5-7-15(25-13)17-19-21-18(22-20-17)16-8-6-14(26-16)12-4-2-10-24-12/h3*1-10H. The molecule has 378 valence electrons. The molecule has 15 aromatic rings. The monoisotopic (exact) mass is 1230 g/mol. The van der Waals surface area contributed by atoms with Crippen molar-refractivity contribution < 1.29 is 0 Å². The molecule has 0 amide bonds. The smallest absolute Gasteiger partial charge is 0.143 e. The quantitative estimate of drug-likeness (QED) is 0.114. The average molecular weight is 1230 g/mol. The Labute approximate surface area is 492 Å². The molecule has 0 saturated carbocycles. The SMILES string of the molecule is c1csc(-c2ccc(-c3nnc(-c4ccc(-c5cccs5)s4)nn3)s2)c1.c1csc(-c2ccc(-c3nnc(-c4ccc(-c5cccs5)s4)nn3)s2)c1.c1csc(-c2ccc(-c3nnc(-c4ccc(-c5cccs5)s4)nn3)s2)c1. The van der Waals surface area contributed by atoms with Crippen molar-refractivity contribution in [2.24, 2.45) is 0 Å². The van der Waals surface area contributed by atoms with Crippen LogP contribution in [0.15, 0.2) is 178 Å². The van der Waals surface area contributed by atoms with Gasteiger partial charge in [0, 0.05) is 58.5 Å². The highest BCUT2D eigenvalue weighted by Gasteiger charge is 2.17. The van der Waals surface area contributed by atoms with Gasteiger partial charge in [0.05, 0.1) is 29.3 Å². The molecule has 15 aromatic heterocycles. The molecule has 12 nitrogen and oxygen atoms in total. The fourth-order valence-corrected chi connectivity index (χ4v) is 17.9. The van der Waals surface area contributed by atoms with Crippen LogP contribution in [0.25, 0.3) is 123 Å². The molecule has 0 spiro atoms. The van der Waals surface area contributed by atoms with E-state index in [2.05, 4.69) is 203 Å². The van der Waals surface area contributed by atoms with E-state index < -0.39 is 0 Å². The molecule has 0 fully saturated rings. The lowest BCUT2D eigenvalue weighted by Gasteiger charge is -1.96. The molecule has 15 rings (SSSR count). The molecule has 0 aliphatic rings. The molecule has 0 aliphatic carbocycles. The van der Waals surface area contributed by atoms with Gasteiger partial charge in [0.25, 0.3) is 0 Å². The highest BCUT2D eigenvalue weighted by molar-refractivity contribution is 7.26. The first kappa shape index (κ1) is 50.7. The number of thiophene rings is 12. The van der Waals surface area contributed by atoms with Gasteiger partial charge in [0.2, 0.25) is 34.9 Å². The van der Waals surface area contributed by atoms with Gasteiger partial charge in [-0.25, -0.2) is 0 Å². The molecule has 0 aromatic carbocycles. The van der Waals surface area contributed by atoms with E-state index in [9.17, 15) is 0 Å². The molecular weight excluding hydrogens is 1200 g/mol. The van der Waals surface area contributed by atoms with Crippen LogP contribution in [-0.4, -0.2) is 61.2 Å². The fraction of sp³-hybridized carbons (Fsp3) is 0. The minimum absolute atomic E-state index is 0.566. The predicted molar refractivity (Wildman–Crippen MR) is 333 cm³/mol. The third-order valence-corrected chi connectivity index (χ3v) is 23.9. The maximum absolute atomic E-state index is 4.29. The van der Waals surface area contributed by atoms with E-state index in [0.29, 0.717) is 34.9 Å². The second kappa shape index (κ2) is 23.7. The Morgan fingerprint density at radius 3 is 0.423 bits per heavy atom. The van der Waals surface area contributed by atoms with Crippen LogP contribution in [0, 0.1) is 0 Å². The van der Waals surface area contributed by atoms with Gasteiger partial charge in [0.1, 0.15) is 0 Å². The summed E-state index contributed by atoms with van der Waals surface area (Å²) in [5.41, 5.74) is 0. The van der Waals surface area contributed by atoms with Gasteiger partial charge in [-0.3, -0.25) is 0 Å². The Morgan fingerprint density at radius 1 is 0.154 bits per heavy atom. The molecule has 0 radical (unpaired) electrons. The summed E-state index contributed by atoms with van der Waals surface area (Å²) >= 11 is 20.3. The molecule has 24 heteroatoms. The van der Waals surface area contributed by atoms with E-state index in [1.807, 2.05) is 36.4 Å². The van der Waals surface area contributed by atoms with Crippen molar-refractivity contribution in [3.05, 3.63) is 178 Å². The topological polar surface area (TPSA) is 155 Å². The number of aromatic nitrogens is 12. The lowest BCUT2D eigenvalue weighted by atomic mass is 10.3. The minimum Gasteiger partial charge on any atom is -0.143 e. The molecule has 0 unspecified atom stereocenters. The van der Waals surface area contributed by atoms with Crippen molar-refractivity contribution in [2.45, 2.75) is 0 Å². The first-order valence-electron chi connectivity index (χ1n) is 23.2. The Kier molecular flexibility index (Phi) is 15.4. The van der Waals surface area contributed by atoms with Crippen LogP contribution in [-0.2, 0) is 0 Å². The summed E-state index contributed by atoms with van der Waals surface area (Å²) in [5.74, 6) is 3.40. The van der Waals surface area contributed by atoms with E-state index in [1.165, 1.54) is 58.5 Å². The molecule has 78 heavy (non-hydrogen) atoms. The number of nitrogens with zero attached hydrogens (tertiary/aromatic N) is 12. The van der Waals surface area contributed by atoms with Crippen molar-refractivity contribution in [1.82, 2.24) is 61.2 Å². The first-order chi connectivity index (χ1) is 38.6. The van der Waals surface area contributed by atoms with E-state index in [0.717, 1.165) is 29.3 Å². The third-order valence-electron chi connectivity index (χ3n) is 11.0. The van der Waals surface area contributed by atoms with Gasteiger partial charge in [-0.1, -0.05) is 36.4 Å². The molecule has 15 heterocycles. The largest absolute Gasteiger partial charge is 0.213 e. The Morgan fingerprint density at radius 2 is 0.295 bits per heavy atom. The van der Waals surface area contributed by atoms with Crippen molar-refractivity contribution >= 4 is 136 Å². The second-order valence-electron chi connectivity index (χ2n) is 16.0. The average Bonchev–Trinajstić information content (AvgIpc) is 4.34. The molecule has 0 aliphatic heterocycles. The summed E-state index contributed by atoms with van der Waals surface area (Å²) < 4.78 is 0. The normalized spacial score (nSPS) is 11.1. The second-order valence-corrected chi connectivity index (χ2v) is 28.2. The zero-order valence-corrected chi connectivity index (χ0v) is 49.4. The number of rotatable bonds is 12. The lowest BCUT2D eigenvalue weighted by molar-refractivity contribution is 0.881. The van der Waals surface area contributed by atoms with Crippen LogP contribution in [0.1, 0.15) is 0 Å². The summed E-state index contributed by atoms with van der Waals surface area (Å²) in [4.78, 5) is 20.6. The van der Waals surface area contributed by atoms with Crippen LogP contribution in [0.3, 0.4) is 0 Å².